The highest BCUT2D eigenvalue weighted by Gasteiger charge is 2.31. The number of unbranched alkanes of at least 4 members (excludes halogenated alkanes) is 7. The number of aromatic nitrogens is 3. The van der Waals surface area contributed by atoms with E-state index >= 15 is 0 Å². The maximum absolute atomic E-state index is 13.4. The van der Waals surface area contributed by atoms with Gasteiger partial charge in [0.1, 0.15) is 11.6 Å². The minimum absolute atomic E-state index is 0.201. The number of nitrogens with zero attached hydrogens (tertiary/aromatic N) is 4. The molecule has 2 aromatic heterocycles. The number of fused-ring (bicyclic) bond motifs is 3. The van der Waals surface area contributed by atoms with E-state index in [1.807, 2.05) is 18.3 Å². The molecule has 0 bridgehead atoms. The van der Waals surface area contributed by atoms with Gasteiger partial charge in [0.05, 0.1) is 54.1 Å². The third kappa shape index (κ3) is 8.10. The first-order chi connectivity index (χ1) is 23.8. The van der Waals surface area contributed by atoms with E-state index in [1.165, 1.54) is 23.8 Å². The molecule has 1 atom stereocenters. The van der Waals surface area contributed by atoms with Crippen molar-refractivity contribution in [1.29, 1.82) is 0 Å². The molecule has 0 fully saturated rings. The molecule has 2 aliphatic rings. The highest BCUT2D eigenvalue weighted by molar-refractivity contribution is 6.35. The lowest BCUT2D eigenvalue weighted by Gasteiger charge is -2.20. The van der Waals surface area contributed by atoms with E-state index in [-0.39, 0.29) is 11.5 Å². The number of allylic oxidation sites excluding steroid dienone is 2. The number of methoxy groups -OCH3 is 1. The minimum atomic E-state index is -0.201. The van der Waals surface area contributed by atoms with Crippen LogP contribution < -0.4 is 19.8 Å². The first-order valence-corrected chi connectivity index (χ1v) is 18.1. The maximum Gasteiger partial charge on any atom is 0.266 e. The summed E-state index contributed by atoms with van der Waals surface area (Å²) < 4.78 is 22.4. The first kappa shape index (κ1) is 34.9. The van der Waals surface area contributed by atoms with Gasteiger partial charge in [-0.3, -0.25) is 9.36 Å². The minimum Gasteiger partial charge on any atom is -0.618 e. The molecule has 1 aliphatic carbocycles. The number of rotatable bonds is 15. The normalized spacial score (nSPS) is 15.6. The average molecular weight is 708 g/mol. The van der Waals surface area contributed by atoms with Crippen LogP contribution in [0.5, 0.6) is 17.2 Å². The fourth-order valence-corrected chi connectivity index (χ4v) is 7.37. The third-order valence-corrected chi connectivity index (χ3v) is 9.94. The molecule has 0 saturated carbocycles. The zero-order chi connectivity index (χ0) is 34.3. The summed E-state index contributed by atoms with van der Waals surface area (Å²) in [5, 5.41) is 14.2. The lowest BCUT2D eigenvalue weighted by molar-refractivity contribution is -0.406. The number of hydrogen-bond acceptors (Lipinski definition) is 6. The van der Waals surface area contributed by atoms with E-state index in [1.54, 1.807) is 44.5 Å². The molecule has 0 saturated heterocycles. The summed E-state index contributed by atoms with van der Waals surface area (Å²) in [4.78, 5) is 18.1. The van der Waals surface area contributed by atoms with E-state index in [0.29, 0.717) is 62.9 Å². The van der Waals surface area contributed by atoms with Crippen LogP contribution in [0.3, 0.4) is 0 Å². The van der Waals surface area contributed by atoms with Crippen LogP contribution >= 0.6 is 23.2 Å². The van der Waals surface area contributed by atoms with Crippen molar-refractivity contribution in [3.63, 3.8) is 0 Å². The van der Waals surface area contributed by atoms with Gasteiger partial charge in [-0.1, -0.05) is 61.7 Å². The Bertz CT molecular complexity index is 1910. The third-order valence-electron chi connectivity index (χ3n) is 9.41. The van der Waals surface area contributed by atoms with Crippen molar-refractivity contribution in [1.82, 2.24) is 14.1 Å². The molecule has 0 radical (unpaired) electrons. The fourth-order valence-electron chi connectivity index (χ4n) is 6.87. The van der Waals surface area contributed by atoms with Crippen molar-refractivity contribution in [2.75, 3.05) is 20.3 Å². The molecule has 9 nitrogen and oxygen atoms in total. The zero-order valence-electron chi connectivity index (χ0n) is 28.3. The topological polar surface area (TPSA) is 93.6 Å². The van der Waals surface area contributed by atoms with Crippen LogP contribution in [0, 0.1) is 18.0 Å². The second-order valence-corrected chi connectivity index (χ2v) is 13.7. The number of aryl methyl sites for hydroxylation is 1. The Kier molecular flexibility index (Phi) is 11.5. The van der Waals surface area contributed by atoms with Gasteiger partial charge in [0.15, 0.2) is 22.9 Å². The van der Waals surface area contributed by atoms with Crippen LogP contribution in [-0.2, 0) is 6.54 Å². The van der Waals surface area contributed by atoms with E-state index in [0.717, 1.165) is 74.0 Å². The maximum atomic E-state index is 13.4. The average Bonchev–Trinajstić information content (AvgIpc) is 3.33. The number of ether oxygens (including phenoxy) is 3. The zero-order valence-corrected chi connectivity index (χ0v) is 29.8. The Hall–Kier alpha value is -3.95. The molecule has 2 aromatic carbocycles. The van der Waals surface area contributed by atoms with Crippen molar-refractivity contribution >= 4 is 40.3 Å². The lowest BCUT2D eigenvalue weighted by Crippen LogP contribution is -2.22. The first-order valence-electron chi connectivity index (χ1n) is 17.4. The van der Waals surface area contributed by atoms with Crippen LogP contribution in [0.4, 0.5) is 0 Å². The van der Waals surface area contributed by atoms with Gasteiger partial charge in [-0.25, -0.2) is 4.98 Å². The quantitative estimate of drug-likeness (QED) is 0.0696. The largest absolute Gasteiger partial charge is 0.618 e. The smallest absolute Gasteiger partial charge is 0.266 e. The summed E-state index contributed by atoms with van der Waals surface area (Å²) in [6.07, 6.45) is 17.7. The van der Waals surface area contributed by atoms with Crippen molar-refractivity contribution in [3.05, 3.63) is 91.5 Å². The molecular formula is C38H44Cl2N4O5. The predicted octanol–water partition coefficient (Wildman–Crippen LogP) is 9.02. The highest BCUT2D eigenvalue weighted by Crippen LogP contribution is 2.37. The van der Waals surface area contributed by atoms with Crippen molar-refractivity contribution in [2.24, 2.45) is 5.92 Å². The molecule has 0 N–H and O–H groups in total. The summed E-state index contributed by atoms with van der Waals surface area (Å²) >= 11 is 12.5. The van der Waals surface area contributed by atoms with Gasteiger partial charge in [0.2, 0.25) is 6.21 Å². The highest BCUT2D eigenvalue weighted by atomic mass is 35.5. The van der Waals surface area contributed by atoms with E-state index in [9.17, 15) is 10.0 Å². The van der Waals surface area contributed by atoms with E-state index < -0.39 is 0 Å². The molecule has 11 heteroatoms. The summed E-state index contributed by atoms with van der Waals surface area (Å²) in [6.45, 7) is 3.77. The van der Waals surface area contributed by atoms with E-state index in [2.05, 4.69) is 15.6 Å². The number of halogens is 2. The molecule has 0 spiro atoms. The number of hydrogen-bond donors (Lipinski definition) is 0. The molecular weight excluding hydrogens is 663 g/mol. The number of hydroxylamine groups is 1. The Morgan fingerprint density at radius 2 is 1.71 bits per heavy atom. The predicted molar refractivity (Wildman–Crippen MR) is 195 cm³/mol. The van der Waals surface area contributed by atoms with Crippen LogP contribution in [-0.4, -0.2) is 45.4 Å². The van der Waals surface area contributed by atoms with Gasteiger partial charge in [-0.15, -0.1) is 0 Å². The summed E-state index contributed by atoms with van der Waals surface area (Å²) in [5.74, 6) is 2.78. The van der Waals surface area contributed by atoms with Gasteiger partial charge in [-0.05, 0) is 81.5 Å². The summed E-state index contributed by atoms with van der Waals surface area (Å²) in [6, 6.07) is 10.5. The van der Waals surface area contributed by atoms with Gasteiger partial charge < -0.3 is 24.0 Å². The van der Waals surface area contributed by atoms with Crippen molar-refractivity contribution in [3.8, 4) is 22.9 Å². The van der Waals surface area contributed by atoms with Crippen molar-refractivity contribution < 1.29 is 18.9 Å². The molecule has 4 aromatic rings. The van der Waals surface area contributed by atoms with Gasteiger partial charge in [0.25, 0.3) is 5.56 Å². The summed E-state index contributed by atoms with van der Waals surface area (Å²) in [5.41, 5.74) is 2.61. The van der Waals surface area contributed by atoms with E-state index in [4.69, 9.17) is 37.4 Å². The molecule has 260 valence electrons. The Morgan fingerprint density at radius 3 is 2.45 bits per heavy atom. The monoisotopic (exact) mass is 706 g/mol. The van der Waals surface area contributed by atoms with Crippen LogP contribution in [0.1, 0.15) is 82.1 Å². The van der Waals surface area contributed by atoms with Crippen LogP contribution in [0.2, 0.25) is 10.0 Å². The molecule has 0 amide bonds. The second-order valence-electron chi connectivity index (χ2n) is 12.9. The van der Waals surface area contributed by atoms with Crippen molar-refractivity contribution in [2.45, 2.75) is 84.1 Å². The lowest BCUT2D eigenvalue weighted by atomic mass is 9.92. The van der Waals surface area contributed by atoms with Crippen LogP contribution in [0.15, 0.2) is 59.2 Å². The standard InChI is InChI=1S/C38H44Cl2N4O5/c1-26-41-32-17-16-29(22-30(32)38(45)44(26)34-18-15-28(39)21-31(34)40)48-19-11-7-5-3-4-6-8-12-20-49-36-25-42-23-27-13-9-10-14-33(27)43(46)24-35(42)37(36)47-2/h14-18,21-22,24-25,27H,3-13,19-20,23H2,1-2H3/t27-/m0/s1. The molecule has 6 rings (SSSR count). The molecule has 3 heterocycles. The Morgan fingerprint density at radius 1 is 0.980 bits per heavy atom. The van der Waals surface area contributed by atoms with Gasteiger partial charge in [-0.2, -0.15) is 4.74 Å². The molecule has 49 heavy (non-hydrogen) atoms. The Balaban J connectivity index is 0.884. The second kappa shape index (κ2) is 16.2. The van der Waals surface area contributed by atoms with Crippen LogP contribution in [0.25, 0.3) is 16.6 Å². The molecule has 0 unspecified atom stereocenters. The Labute approximate surface area is 297 Å². The van der Waals surface area contributed by atoms with Gasteiger partial charge in [0, 0.05) is 11.6 Å². The fraction of sp³-hybridized carbons (Fsp3) is 0.447. The summed E-state index contributed by atoms with van der Waals surface area (Å²) in [7, 11) is 1.63. The number of benzene rings is 2. The SMILES string of the molecule is COc1c(OCCCCCCCCCCOc2ccc3nc(C)n(-c4ccc(Cl)cc4Cl)c(=O)c3c2)cn2c1C=[N+]([O-])C1=CCCC[C@H]1C2. The molecule has 1 aliphatic heterocycles. The van der Waals surface area contributed by atoms with Gasteiger partial charge >= 0.3 is 0 Å².